The number of benzene rings is 2. The van der Waals surface area contributed by atoms with E-state index >= 15 is 0 Å². The quantitative estimate of drug-likeness (QED) is 0.556. The van der Waals surface area contributed by atoms with Gasteiger partial charge >= 0.3 is 166 Å². The van der Waals surface area contributed by atoms with E-state index in [-0.39, 0.29) is 27.7 Å². The van der Waals surface area contributed by atoms with E-state index in [1.807, 2.05) is 24.3 Å². The maximum atomic E-state index is 13.4. The third-order valence-electron chi connectivity index (χ3n) is 3.65. The standard InChI is InChI=1S/C18H15AsClF2N2OS/c20-12-4-1-10(2-5-12)7-13(23)9-19-18-24-17(25)16(26-18)11-3-6-14(21)15(22)8-11/h1-6,8,13,25H,7,9,23H2. The molecule has 0 spiro atoms. The number of rotatable bonds is 6. The SMILES string of the molecule is NC(C[As]c1nc(O)c(-c2ccc(F)c(F)c2)s1)Cc1ccc(Cl)cc1. The molecule has 3 nitrogen and oxygen atoms in total. The summed E-state index contributed by atoms with van der Waals surface area (Å²) in [6.45, 7) is 0. The van der Waals surface area contributed by atoms with E-state index in [1.165, 1.54) is 17.4 Å². The number of thiazole rings is 1. The minimum absolute atomic E-state index is 0.0195. The number of hydrogen-bond donors (Lipinski definition) is 2. The number of nitrogens with zero attached hydrogens (tertiary/aromatic N) is 1. The fourth-order valence-electron chi connectivity index (χ4n) is 2.38. The second-order valence-electron chi connectivity index (χ2n) is 5.71. The van der Waals surface area contributed by atoms with Gasteiger partial charge in [0.25, 0.3) is 0 Å². The zero-order chi connectivity index (χ0) is 18.7. The monoisotopic (exact) mass is 455 g/mol. The molecule has 3 aromatic rings. The first kappa shape index (κ1) is 19.3. The second-order valence-corrected chi connectivity index (χ2v) is 10.1. The summed E-state index contributed by atoms with van der Waals surface area (Å²) in [6, 6.07) is 11.1. The summed E-state index contributed by atoms with van der Waals surface area (Å²) in [4.78, 5) is 4.60. The first-order valence-corrected chi connectivity index (χ1v) is 11.2. The van der Waals surface area contributed by atoms with Gasteiger partial charge in [0.15, 0.2) is 0 Å². The van der Waals surface area contributed by atoms with Gasteiger partial charge in [-0.25, -0.2) is 0 Å². The number of halogens is 3. The summed E-state index contributed by atoms with van der Waals surface area (Å²) in [7, 11) is 0. The molecule has 0 bridgehead atoms. The minimum atomic E-state index is -0.949. The first-order chi connectivity index (χ1) is 12.4. The molecule has 1 radical (unpaired) electrons. The molecule has 2 aromatic carbocycles. The molecule has 0 saturated carbocycles. The number of aromatic nitrogens is 1. The summed E-state index contributed by atoms with van der Waals surface area (Å²) in [5.74, 6) is -2.02. The Morgan fingerprint density at radius 2 is 1.88 bits per heavy atom. The summed E-state index contributed by atoms with van der Waals surface area (Å²) in [6.07, 6.45) is 0.736. The maximum absolute atomic E-state index is 13.4. The third kappa shape index (κ3) is 4.83. The summed E-state index contributed by atoms with van der Waals surface area (Å²) < 4.78 is 27.3. The topological polar surface area (TPSA) is 59.1 Å². The fraction of sp³-hybridized carbons (Fsp3) is 0.167. The van der Waals surface area contributed by atoms with E-state index in [2.05, 4.69) is 4.98 Å². The van der Waals surface area contributed by atoms with Gasteiger partial charge in [0, 0.05) is 0 Å². The van der Waals surface area contributed by atoms with Crippen LogP contribution in [0.3, 0.4) is 0 Å². The summed E-state index contributed by atoms with van der Waals surface area (Å²) in [5, 5.41) is 11.5. The van der Waals surface area contributed by atoms with Gasteiger partial charge in [-0.15, -0.1) is 0 Å². The van der Waals surface area contributed by atoms with Crippen molar-refractivity contribution in [1.82, 2.24) is 4.98 Å². The molecule has 0 saturated heterocycles. The van der Waals surface area contributed by atoms with Crippen LogP contribution < -0.4 is 9.53 Å². The van der Waals surface area contributed by atoms with E-state index < -0.39 is 11.6 Å². The van der Waals surface area contributed by atoms with Crippen LogP contribution in [0.2, 0.25) is 10.2 Å². The van der Waals surface area contributed by atoms with Crippen LogP contribution in [0.5, 0.6) is 5.88 Å². The number of hydrogen-bond acceptors (Lipinski definition) is 4. The zero-order valence-corrected chi connectivity index (χ0v) is 16.9. The first-order valence-electron chi connectivity index (χ1n) is 7.75. The molecule has 0 fully saturated rings. The van der Waals surface area contributed by atoms with Gasteiger partial charge in [0.1, 0.15) is 0 Å². The molecule has 1 heterocycles. The Balaban J connectivity index is 1.63. The van der Waals surface area contributed by atoms with Crippen LogP contribution in [-0.2, 0) is 6.42 Å². The molecule has 0 amide bonds. The van der Waals surface area contributed by atoms with Crippen LogP contribution in [0.25, 0.3) is 10.4 Å². The average Bonchev–Trinajstić information content (AvgIpc) is 2.98. The Morgan fingerprint density at radius 1 is 1.15 bits per heavy atom. The molecule has 26 heavy (non-hydrogen) atoms. The van der Waals surface area contributed by atoms with Crippen LogP contribution in [0, 0.1) is 11.6 Å². The van der Waals surface area contributed by atoms with Crippen molar-refractivity contribution in [2.75, 3.05) is 0 Å². The molecule has 0 aliphatic heterocycles. The molecule has 8 heteroatoms. The molecule has 0 aliphatic rings. The Labute approximate surface area is 165 Å². The normalized spacial score (nSPS) is 12.8. The molecule has 1 aromatic heterocycles. The zero-order valence-electron chi connectivity index (χ0n) is 13.5. The molecule has 3 rings (SSSR count). The van der Waals surface area contributed by atoms with Crippen LogP contribution >= 0.6 is 22.9 Å². The van der Waals surface area contributed by atoms with Crippen molar-refractivity contribution in [1.29, 1.82) is 0 Å². The number of aromatic hydroxyl groups is 1. The average molecular weight is 456 g/mol. The van der Waals surface area contributed by atoms with Crippen molar-refractivity contribution in [3.8, 4) is 16.3 Å². The van der Waals surface area contributed by atoms with Gasteiger partial charge in [-0.3, -0.25) is 0 Å². The van der Waals surface area contributed by atoms with Gasteiger partial charge in [0.05, 0.1) is 0 Å². The second kappa shape index (κ2) is 8.49. The van der Waals surface area contributed by atoms with E-state index in [1.54, 1.807) is 0 Å². The van der Waals surface area contributed by atoms with Crippen molar-refractivity contribution >= 4 is 42.5 Å². The molecule has 1 atom stereocenters. The fourth-order valence-corrected chi connectivity index (χ4v) is 6.07. The third-order valence-corrected chi connectivity index (χ3v) is 8.19. The molecule has 0 aliphatic carbocycles. The van der Waals surface area contributed by atoms with E-state index in [4.69, 9.17) is 17.3 Å². The summed E-state index contributed by atoms with van der Waals surface area (Å²) in [5.41, 5.74) is 7.73. The predicted octanol–water partition coefficient (Wildman–Crippen LogP) is 3.77. The van der Waals surface area contributed by atoms with E-state index in [0.717, 1.165) is 33.1 Å². The summed E-state index contributed by atoms with van der Waals surface area (Å²) >= 11 is 6.84. The van der Waals surface area contributed by atoms with Gasteiger partial charge in [-0.1, -0.05) is 0 Å². The van der Waals surface area contributed by atoms with Gasteiger partial charge < -0.3 is 0 Å². The predicted molar refractivity (Wildman–Crippen MR) is 102 cm³/mol. The molecule has 1 unspecified atom stereocenters. The van der Waals surface area contributed by atoms with Gasteiger partial charge in [-0.05, 0) is 0 Å². The molecular weight excluding hydrogens is 441 g/mol. The van der Waals surface area contributed by atoms with Crippen molar-refractivity contribution in [3.63, 3.8) is 0 Å². The molecule has 135 valence electrons. The Bertz CT molecular complexity index is 905. The Morgan fingerprint density at radius 3 is 2.58 bits per heavy atom. The van der Waals surface area contributed by atoms with Crippen molar-refractivity contribution in [3.05, 3.63) is 64.7 Å². The molecular formula is C18H15AsClF2N2OS. The van der Waals surface area contributed by atoms with Crippen LogP contribution in [0.4, 0.5) is 8.78 Å². The number of nitrogens with two attached hydrogens (primary N) is 1. The van der Waals surface area contributed by atoms with Crippen LogP contribution in [0.15, 0.2) is 42.5 Å². The van der Waals surface area contributed by atoms with E-state index in [0.29, 0.717) is 15.5 Å². The van der Waals surface area contributed by atoms with Gasteiger partial charge in [-0.2, -0.15) is 0 Å². The Kier molecular flexibility index (Phi) is 6.30. The van der Waals surface area contributed by atoms with Crippen LogP contribution in [0.1, 0.15) is 5.56 Å². The van der Waals surface area contributed by atoms with Gasteiger partial charge in [0.2, 0.25) is 0 Å². The molecule has 3 N–H and O–H groups in total. The van der Waals surface area contributed by atoms with E-state index in [9.17, 15) is 13.9 Å². The van der Waals surface area contributed by atoms with Crippen molar-refractivity contribution < 1.29 is 13.9 Å². The van der Waals surface area contributed by atoms with Crippen molar-refractivity contribution in [2.45, 2.75) is 17.7 Å². The van der Waals surface area contributed by atoms with Crippen molar-refractivity contribution in [2.24, 2.45) is 5.73 Å². The Hall–Kier alpha value is -1.46. The van der Waals surface area contributed by atoms with Crippen LogP contribution in [-0.4, -0.2) is 31.9 Å².